The minimum Gasteiger partial charge on any atom is -0.347 e. The quantitative estimate of drug-likeness (QED) is 0.675. The van der Waals surface area contributed by atoms with Gasteiger partial charge >= 0.3 is 0 Å². The van der Waals surface area contributed by atoms with E-state index in [0.717, 1.165) is 11.4 Å². The second-order valence-corrected chi connectivity index (χ2v) is 2.55. The molecule has 1 aromatic carbocycles. The SMILES string of the molecule is CC.CC.O=CNC1Nc2ccccc2N1. The summed E-state index contributed by atoms with van der Waals surface area (Å²) in [5.74, 6) is 0. The van der Waals surface area contributed by atoms with Crippen LogP contribution in [-0.2, 0) is 4.79 Å². The van der Waals surface area contributed by atoms with Crippen LogP contribution in [0.25, 0.3) is 0 Å². The van der Waals surface area contributed by atoms with Crippen LogP contribution in [0.3, 0.4) is 0 Å². The lowest BCUT2D eigenvalue weighted by atomic mass is 10.3. The molecule has 90 valence electrons. The fraction of sp³-hybridized carbons (Fsp3) is 0.417. The molecule has 0 unspecified atom stereocenters. The van der Waals surface area contributed by atoms with E-state index in [2.05, 4.69) is 16.0 Å². The summed E-state index contributed by atoms with van der Waals surface area (Å²) in [6, 6.07) is 7.79. The number of benzene rings is 1. The molecular weight excluding hydrogens is 202 g/mol. The van der Waals surface area contributed by atoms with Crippen molar-refractivity contribution in [2.75, 3.05) is 10.6 Å². The van der Waals surface area contributed by atoms with Crippen LogP contribution in [0.2, 0.25) is 0 Å². The number of carbonyl (C=O) groups excluding carboxylic acids is 1. The number of hydrogen-bond acceptors (Lipinski definition) is 3. The standard InChI is InChI=1S/C8H9N3O.2C2H6/c12-5-9-8-10-6-3-1-2-4-7(6)11-8;2*1-2/h1-5,8,10-11H,(H,9,12);2*1-2H3. The molecule has 1 aliphatic heterocycles. The highest BCUT2D eigenvalue weighted by Crippen LogP contribution is 2.26. The highest BCUT2D eigenvalue weighted by Gasteiger charge is 2.16. The summed E-state index contributed by atoms with van der Waals surface area (Å²) in [6.45, 7) is 8.00. The van der Waals surface area contributed by atoms with Gasteiger partial charge in [0.25, 0.3) is 0 Å². The van der Waals surface area contributed by atoms with Crippen LogP contribution < -0.4 is 16.0 Å². The first kappa shape index (κ1) is 14.3. The van der Waals surface area contributed by atoms with Gasteiger partial charge in [-0.15, -0.1) is 0 Å². The monoisotopic (exact) mass is 223 g/mol. The second-order valence-electron chi connectivity index (χ2n) is 2.55. The molecule has 4 nitrogen and oxygen atoms in total. The third-order valence-corrected chi connectivity index (χ3v) is 1.76. The molecule has 0 bridgehead atoms. The summed E-state index contributed by atoms with van der Waals surface area (Å²) in [7, 11) is 0. The minimum absolute atomic E-state index is 0.181. The maximum Gasteiger partial charge on any atom is 0.210 e. The van der Waals surface area contributed by atoms with Crippen molar-refractivity contribution in [3.05, 3.63) is 24.3 Å². The Labute approximate surface area is 97.4 Å². The molecule has 2 rings (SSSR count). The summed E-state index contributed by atoms with van der Waals surface area (Å²) in [5.41, 5.74) is 2.02. The van der Waals surface area contributed by atoms with Gasteiger partial charge in [-0.1, -0.05) is 39.8 Å². The molecular formula is C12H21N3O. The molecule has 0 saturated carbocycles. The number of fused-ring (bicyclic) bond motifs is 1. The first-order chi connectivity index (χ1) is 7.90. The van der Waals surface area contributed by atoms with E-state index in [9.17, 15) is 4.79 Å². The fourth-order valence-corrected chi connectivity index (χ4v) is 1.23. The van der Waals surface area contributed by atoms with Crippen LogP contribution >= 0.6 is 0 Å². The van der Waals surface area contributed by atoms with Gasteiger partial charge in [0.15, 0.2) is 6.29 Å². The van der Waals surface area contributed by atoms with Gasteiger partial charge < -0.3 is 16.0 Å². The van der Waals surface area contributed by atoms with Gasteiger partial charge in [0.05, 0.1) is 11.4 Å². The van der Waals surface area contributed by atoms with Crippen LogP contribution in [0.5, 0.6) is 0 Å². The van der Waals surface area contributed by atoms with Crippen molar-refractivity contribution >= 4 is 17.8 Å². The maximum absolute atomic E-state index is 10.1. The Balaban J connectivity index is 0.000000509. The molecule has 16 heavy (non-hydrogen) atoms. The lowest BCUT2D eigenvalue weighted by molar-refractivity contribution is -0.109. The van der Waals surface area contributed by atoms with Crippen molar-refractivity contribution in [3.8, 4) is 0 Å². The molecule has 0 saturated heterocycles. The van der Waals surface area contributed by atoms with E-state index in [1.54, 1.807) is 0 Å². The molecule has 1 heterocycles. The van der Waals surface area contributed by atoms with E-state index in [0.29, 0.717) is 6.41 Å². The van der Waals surface area contributed by atoms with E-state index in [-0.39, 0.29) is 6.29 Å². The Morgan fingerprint density at radius 3 is 1.88 bits per heavy atom. The smallest absolute Gasteiger partial charge is 0.210 e. The molecule has 0 fully saturated rings. The third kappa shape index (κ3) is 3.81. The van der Waals surface area contributed by atoms with Gasteiger partial charge in [-0.3, -0.25) is 4.79 Å². The van der Waals surface area contributed by atoms with Crippen LogP contribution in [0.4, 0.5) is 11.4 Å². The molecule has 4 heteroatoms. The summed E-state index contributed by atoms with van der Waals surface area (Å²) in [4.78, 5) is 10.1. The Kier molecular flexibility index (Phi) is 7.67. The second kappa shape index (κ2) is 8.59. The van der Waals surface area contributed by atoms with Crippen LogP contribution in [0.15, 0.2) is 24.3 Å². The summed E-state index contributed by atoms with van der Waals surface area (Å²) in [6.07, 6.45) is 0.483. The van der Waals surface area contributed by atoms with E-state index >= 15 is 0 Å². The number of amides is 1. The summed E-state index contributed by atoms with van der Waals surface area (Å²) < 4.78 is 0. The Morgan fingerprint density at radius 1 is 1.06 bits per heavy atom. The zero-order valence-corrected chi connectivity index (χ0v) is 10.4. The van der Waals surface area contributed by atoms with Crippen LogP contribution in [0, 0.1) is 0 Å². The highest BCUT2D eigenvalue weighted by atomic mass is 16.1. The van der Waals surface area contributed by atoms with Gasteiger partial charge in [0.1, 0.15) is 0 Å². The average molecular weight is 223 g/mol. The normalized spacial score (nSPS) is 11.5. The largest absolute Gasteiger partial charge is 0.347 e. The number of nitrogens with one attached hydrogen (secondary N) is 3. The number of anilines is 2. The van der Waals surface area contributed by atoms with E-state index in [4.69, 9.17) is 0 Å². The molecule has 0 spiro atoms. The van der Waals surface area contributed by atoms with Crippen molar-refractivity contribution in [2.24, 2.45) is 0 Å². The van der Waals surface area contributed by atoms with Crippen LogP contribution in [-0.4, -0.2) is 12.7 Å². The van der Waals surface area contributed by atoms with Crippen molar-refractivity contribution < 1.29 is 4.79 Å². The third-order valence-electron chi connectivity index (χ3n) is 1.76. The number of para-hydroxylation sites is 2. The van der Waals surface area contributed by atoms with Crippen molar-refractivity contribution in [1.29, 1.82) is 0 Å². The minimum atomic E-state index is -0.181. The molecule has 3 N–H and O–H groups in total. The molecule has 0 radical (unpaired) electrons. The summed E-state index contributed by atoms with van der Waals surface area (Å²) >= 11 is 0. The Morgan fingerprint density at radius 2 is 1.50 bits per heavy atom. The van der Waals surface area contributed by atoms with Crippen molar-refractivity contribution in [3.63, 3.8) is 0 Å². The first-order valence-electron chi connectivity index (χ1n) is 5.72. The van der Waals surface area contributed by atoms with Gasteiger partial charge in [-0.2, -0.15) is 0 Å². The number of hydrogen-bond donors (Lipinski definition) is 3. The fourth-order valence-electron chi connectivity index (χ4n) is 1.23. The zero-order valence-electron chi connectivity index (χ0n) is 10.4. The lowest BCUT2D eigenvalue weighted by Crippen LogP contribution is -2.37. The van der Waals surface area contributed by atoms with Crippen molar-refractivity contribution in [1.82, 2.24) is 5.32 Å². The Bertz CT molecular complexity index is 277. The highest BCUT2D eigenvalue weighted by molar-refractivity contribution is 5.74. The zero-order chi connectivity index (χ0) is 12.4. The van der Waals surface area contributed by atoms with Gasteiger partial charge in [-0.05, 0) is 12.1 Å². The number of rotatable bonds is 2. The Hall–Kier alpha value is -1.71. The lowest BCUT2D eigenvalue weighted by Gasteiger charge is -2.09. The van der Waals surface area contributed by atoms with E-state index in [1.807, 2.05) is 52.0 Å². The van der Waals surface area contributed by atoms with Crippen molar-refractivity contribution in [2.45, 2.75) is 34.0 Å². The first-order valence-corrected chi connectivity index (χ1v) is 5.72. The average Bonchev–Trinajstić information content (AvgIpc) is 2.77. The molecule has 1 aliphatic rings. The van der Waals surface area contributed by atoms with Crippen LogP contribution in [0.1, 0.15) is 27.7 Å². The molecule has 1 amide bonds. The molecule has 0 aromatic heterocycles. The predicted molar refractivity (Wildman–Crippen MR) is 69.4 cm³/mol. The predicted octanol–water partition coefficient (Wildman–Crippen LogP) is 2.61. The summed E-state index contributed by atoms with van der Waals surface area (Å²) in [5, 5.41) is 8.75. The topological polar surface area (TPSA) is 53.2 Å². The maximum atomic E-state index is 10.1. The molecule has 1 aromatic rings. The van der Waals surface area contributed by atoms with E-state index in [1.165, 1.54) is 0 Å². The molecule has 0 aliphatic carbocycles. The van der Waals surface area contributed by atoms with Gasteiger partial charge in [0, 0.05) is 0 Å². The van der Waals surface area contributed by atoms with Gasteiger partial charge in [0.2, 0.25) is 6.41 Å². The van der Waals surface area contributed by atoms with E-state index < -0.39 is 0 Å². The van der Waals surface area contributed by atoms with Gasteiger partial charge in [-0.25, -0.2) is 0 Å². The number of carbonyl (C=O) groups is 1. The molecule has 0 atom stereocenters.